The fraction of sp³-hybridized carbons (Fsp3) is 0.571. The van der Waals surface area contributed by atoms with Crippen LogP contribution in [0, 0.1) is 0 Å². The summed E-state index contributed by atoms with van der Waals surface area (Å²) in [6.07, 6.45) is 1.87. The van der Waals surface area contributed by atoms with Crippen LogP contribution in [0.2, 0.25) is 5.02 Å². The van der Waals surface area contributed by atoms with Gasteiger partial charge >= 0.3 is 0 Å². The van der Waals surface area contributed by atoms with E-state index in [0.717, 1.165) is 35.7 Å². The normalized spacial score (nSPS) is 21.2. The number of hydrogen-bond acceptors (Lipinski definition) is 3. The number of halogens is 1. The maximum absolute atomic E-state index is 9.35. The smallest absolute Gasteiger partial charge is 0.123 e. The maximum atomic E-state index is 9.35. The lowest BCUT2D eigenvalue weighted by Gasteiger charge is -2.28. The third kappa shape index (κ3) is 2.97. The van der Waals surface area contributed by atoms with E-state index >= 15 is 0 Å². The van der Waals surface area contributed by atoms with E-state index in [-0.39, 0.29) is 18.2 Å². The highest BCUT2D eigenvalue weighted by atomic mass is 35.5. The highest BCUT2D eigenvalue weighted by Gasteiger charge is 2.26. The first-order valence-corrected chi connectivity index (χ1v) is 6.75. The third-order valence-electron chi connectivity index (χ3n) is 3.65. The van der Waals surface area contributed by atoms with Gasteiger partial charge in [0.05, 0.1) is 6.61 Å². The van der Waals surface area contributed by atoms with E-state index in [1.165, 1.54) is 0 Å². The lowest BCUT2D eigenvalue weighted by molar-refractivity contribution is 0.146. The fourth-order valence-corrected chi connectivity index (χ4v) is 2.25. The van der Waals surface area contributed by atoms with Gasteiger partial charge in [-0.15, -0.1) is 0 Å². The lowest BCUT2D eigenvalue weighted by atomic mass is 10.00. The molecular weight excluding hydrogens is 250 g/mol. The average Bonchev–Trinajstić information content (AvgIpc) is 2.78. The number of rotatable bonds is 5. The SMILES string of the molecule is CCC(C)(CO)NCC1Cc2cc(Cl)ccc2O1. The summed E-state index contributed by atoms with van der Waals surface area (Å²) < 4.78 is 5.84. The Hall–Kier alpha value is -0.770. The molecule has 100 valence electrons. The first-order valence-electron chi connectivity index (χ1n) is 6.37. The summed E-state index contributed by atoms with van der Waals surface area (Å²) in [4.78, 5) is 0. The molecule has 1 aromatic rings. The van der Waals surface area contributed by atoms with Gasteiger partial charge in [-0.3, -0.25) is 0 Å². The van der Waals surface area contributed by atoms with Crippen LogP contribution < -0.4 is 10.1 Å². The molecule has 0 aliphatic carbocycles. The zero-order chi connectivity index (χ0) is 13.2. The molecule has 2 rings (SSSR count). The Kier molecular flexibility index (Phi) is 4.15. The first kappa shape index (κ1) is 13.7. The molecule has 0 amide bonds. The Morgan fingerprint density at radius 3 is 3.00 bits per heavy atom. The Balaban J connectivity index is 1.92. The molecule has 0 bridgehead atoms. The van der Waals surface area contributed by atoms with Crippen LogP contribution in [0.25, 0.3) is 0 Å². The molecule has 1 heterocycles. The summed E-state index contributed by atoms with van der Waals surface area (Å²) in [7, 11) is 0. The summed E-state index contributed by atoms with van der Waals surface area (Å²) in [5.74, 6) is 0.924. The molecule has 0 radical (unpaired) electrons. The first-order chi connectivity index (χ1) is 8.56. The minimum atomic E-state index is -0.226. The second kappa shape index (κ2) is 5.47. The van der Waals surface area contributed by atoms with E-state index in [9.17, 15) is 5.11 Å². The molecule has 2 N–H and O–H groups in total. The molecule has 2 atom stereocenters. The van der Waals surface area contributed by atoms with Gasteiger partial charge in [0.15, 0.2) is 0 Å². The van der Waals surface area contributed by atoms with Crippen molar-refractivity contribution in [2.75, 3.05) is 13.2 Å². The van der Waals surface area contributed by atoms with Gasteiger partial charge in [-0.05, 0) is 37.1 Å². The van der Waals surface area contributed by atoms with Crippen molar-refractivity contribution >= 4 is 11.6 Å². The summed E-state index contributed by atoms with van der Waals surface area (Å²) in [6, 6.07) is 5.73. The van der Waals surface area contributed by atoms with Crippen LogP contribution in [0.5, 0.6) is 5.75 Å². The quantitative estimate of drug-likeness (QED) is 0.863. The highest BCUT2D eigenvalue weighted by molar-refractivity contribution is 6.30. The monoisotopic (exact) mass is 269 g/mol. The van der Waals surface area contributed by atoms with E-state index in [4.69, 9.17) is 16.3 Å². The number of benzene rings is 1. The summed E-state index contributed by atoms with van der Waals surface area (Å²) >= 11 is 5.96. The van der Waals surface area contributed by atoms with Gasteiger partial charge in [0, 0.05) is 23.5 Å². The molecule has 4 heteroatoms. The van der Waals surface area contributed by atoms with Crippen molar-refractivity contribution in [3.63, 3.8) is 0 Å². The molecule has 1 aliphatic rings. The van der Waals surface area contributed by atoms with Crippen LogP contribution >= 0.6 is 11.6 Å². The van der Waals surface area contributed by atoms with Crippen LogP contribution in [-0.2, 0) is 6.42 Å². The Labute approximate surface area is 113 Å². The second-order valence-electron chi connectivity index (χ2n) is 5.15. The predicted octanol–water partition coefficient (Wildman–Crippen LogP) is 2.39. The topological polar surface area (TPSA) is 41.5 Å². The average molecular weight is 270 g/mol. The molecule has 1 aliphatic heterocycles. The van der Waals surface area contributed by atoms with Crippen molar-refractivity contribution < 1.29 is 9.84 Å². The van der Waals surface area contributed by atoms with Crippen molar-refractivity contribution in [3.8, 4) is 5.75 Å². The number of fused-ring (bicyclic) bond motifs is 1. The van der Waals surface area contributed by atoms with E-state index in [0.29, 0.717) is 0 Å². The fourth-order valence-electron chi connectivity index (χ4n) is 2.06. The third-order valence-corrected chi connectivity index (χ3v) is 3.88. The molecule has 2 unspecified atom stereocenters. The molecule has 0 fully saturated rings. The molecule has 0 saturated heterocycles. The standard InChI is InChI=1S/C14H20ClNO2/c1-3-14(2,9-17)16-8-12-7-10-6-11(15)4-5-13(10)18-12/h4-6,12,16-17H,3,7-9H2,1-2H3. The Morgan fingerprint density at radius 2 is 2.33 bits per heavy atom. The van der Waals surface area contributed by atoms with Gasteiger partial charge in [0.25, 0.3) is 0 Å². The van der Waals surface area contributed by atoms with Crippen LogP contribution in [0.1, 0.15) is 25.8 Å². The van der Waals surface area contributed by atoms with Crippen LogP contribution in [-0.4, -0.2) is 29.9 Å². The van der Waals surface area contributed by atoms with Crippen molar-refractivity contribution in [1.82, 2.24) is 5.32 Å². The maximum Gasteiger partial charge on any atom is 0.123 e. The van der Waals surface area contributed by atoms with Gasteiger partial charge in [-0.2, -0.15) is 0 Å². The Morgan fingerprint density at radius 1 is 1.56 bits per heavy atom. The van der Waals surface area contributed by atoms with Crippen LogP contribution in [0.15, 0.2) is 18.2 Å². The molecule has 1 aromatic carbocycles. The number of aliphatic hydroxyl groups is 1. The summed E-state index contributed by atoms with van der Waals surface area (Å²) in [5, 5.41) is 13.5. The van der Waals surface area contributed by atoms with Gasteiger partial charge in [0.2, 0.25) is 0 Å². The van der Waals surface area contributed by atoms with E-state index < -0.39 is 0 Å². The molecule has 18 heavy (non-hydrogen) atoms. The Bertz CT molecular complexity index is 418. The minimum Gasteiger partial charge on any atom is -0.488 e. The van der Waals surface area contributed by atoms with E-state index in [1.807, 2.05) is 25.1 Å². The molecule has 0 saturated carbocycles. The molecule has 0 aromatic heterocycles. The minimum absolute atomic E-state index is 0.121. The number of hydrogen-bond donors (Lipinski definition) is 2. The highest BCUT2D eigenvalue weighted by Crippen LogP contribution is 2.31. The van der Waals surface area contributed by atoms with Crippen LogP contribution in [0.4, 0.5) is 0 Å². The predicted molar refractivity (Wildman–Crippen MR) is 73.4 cm³/mol. The zero-order valence-corrected chi connectivity index (χ0v) is 11.6. The molecule has 0 spiro atoms. The zero-order valence-electron chi connectivity index (χ0n) is 10.9. The van der Waals surface area contributed by atoms with Gasteiger partial charge in [0.1, 0.15) is 11.9 Å². The number of ether oxygens (including phenoxy) is 1. The number of nitrogens with one attached hydrogen (secondary N) is 1. The van der Waals surface area contributed by atoms with E-state index in [2.05, 4.69) is 12.2 Å². The van der Waals surface area contributed by atoms with Crippen LogP contribution in [0.3, 0.4) is 0 Å². The second-order valence-corrected chi connectivity index (χ2v) is 5.59. The molecular formula is C14H20ClNO2. The largest absolute Gasteiger partial charge is 0.488 e. The van der Waals surface area contributed by atoms with Gasteiger partial charge in [-0.25, -0.2) is 0 Å². The molecule has 3 nitrogen and oxygen atoms in total. The summed E-state index contributed by atoms with van der Waals surface area (Å²) in [6.45, 7) is 4.95. The van der Waals surface area contributed by atoms with Crippen molar-refractivity contribution in [2.45, 2.75) is 38.3 Å². The van der Waals surface area contributed by atoms with Gasteiger partial charge in [-0.1, -0.05) is 18.5 Å². The summed E-state index contributed by atoms with van der Waals surface area (Å²) in [5.41, 5.74) is 0.937. The van der Waals surface area contributed by atoms with Crippen molar-refractivity contribution in [1.29, 1.82) is 0 Å². The van der Waals surface area contributed by atoms with Gasteiger partial charge < -0.3 is 15.2 Å². The lowest BCUT2D eigenvalue weighted by Crippen LogP contribution is -2.48. The van der Waals surface area contributed by atoms with Crippen molar-refractivity contribution in [3.05, 3.63) is 28.8 Å². The number of aliphatic hydroxyl groups excluding tert-OH is 1. The van der Waals surface area contributed by atoms with E-state index in [1.54, 1.807) is 0 Å². The van der Waals surface area contributed by atoms with Crippen molar-refractivity contribution in [2.24, 2.45) is 0 Å².